The molecule has 0 radical (unpaired) electrons. The summed E-state index contributed by atoms with van der Waals surface area (Å²) in [6.07, 6.45) is 1.85. The van der Waals surface area contributed by atoms with E-state index in [1.165, 1.54) is 0 Å². The summed E-state index contributed by atoms with van der Waals surface area (Å²) in [7, 11) is 0. The highest BCUT2D eigenvalue weighted by atomic mass is 127. The first-order valence-electron chi connectivity index (χ1n) is 8.15. The summed E-state index contributed by atoms with van der Waals surface area (Å²) < 4.78 is 0.904. The van der Waals surface area contributed by atoms with Gasteiger partial charge < -0.3 is 16.0 Å². The Balaban J connectivity index is 0.00000529. The number of carbonyl (C=O) groups is 1. The molecule has 0 spiro atoms. The molecular weight excluding hydrogens is 483 g/mol. The van der Waals surface area contributed by atoms with Gasteiger partial charge in [-0.3, -0.25) is 9.79 Å². The van der Waals surface area contributed by atoms with E-state index in [0.29, 0.717) is 24.7 Å². The van der Waals surface area contributed by atoms with Gasteiger partial charge in [0.1, 0.15) is 0 Å². The van der Waals surface area contributed by atoms with Gasteiger partial charge in [-0.2, -0.15) is 0 Å². The van der Waals surface area contributed by atoms with Gasteiger partial charge in [0, 0.05) is 35.7 Å². The van der Waals surface area contributed by atoms with Crippen LogP contribution < -0.4 is 16.0 Å². The second kappa shape index (κ2) is 13.5. The lowest BCUT2D eigenvalue weighted by Gasteiger charge is -2.16. The maximum Gasteiger partial charge on any atom is 0.251 e. The molecule has 3 N–H and O–H groups in total. The number of nitrogens with zero attached hydrogens (tertiary/aromatic N) is 1. The Kier molecular flexibility index (Phi) is 13.0. The number of halogens is 2. The third kappa shape index (κ3) is 9.46. The summed E-state index contributed by atoms with van der Waals surface area (Å²) in [6, 6.07) is 7.76. The summed E-state index contributed by atoms with van der Waals surface area (Å²) >= 11 is 3.37. The van der Waals surface area contributed by atoms with Crippen LogP contribution in [0.1, 0.15) is 44.0 Å². The highest BCUT2D eigenvalue weighted by Crippen LogP contribution is 2.11. The Hall–Kier alpha value is -0.830. The third-order valence-electron chi connectivity index (χ3n) is 3.32. The molecule has 0 bridgehead atoms. The fourth-order valence-electron chi connectivity index (χ4n) is 1.86. The monoisotopic (exact) mass is 510 g/mol. The summed E-state index contributed by atoms with van der Waals surface area (Å²) in [6.45, 7) is 8.43. The minimum atomic E-state index is -0.0556. The van der Waals surface area contributed by atoms with Crippen LogP contribution in [0.25, 0.3) is 0 Å². The molecule has 1 rings (SSSR count). The maximum absolute atomic E-state index is 12.0. The molecule has 1 atom stereocenters. The molecule has 136 valence electrons. The van der Waals surface area contributed by atoms with E-state index < -0.39 is 0 Å². The normalized spacial score (nSPS) is 12.1. The fourth-order valence-corrected chi connectivity index (χ4v) is 2.26. The fraction of sp³-hybridized carbons (Fsp3) is 0.529. The number of rotatable bonds is 8. The van der Waals surface area contributed by atoms with Crippen LogP contribution in [0.4, 0.5) is 0 Å². The van der Waals surface area contributed by atoms with Gasteiger partial charge in [-0.1, -0.05) is 28.9 Å². The molecule has 5 nitrogen and oxygen atoms in total. The topological polar surface area (TPSA) is 65.5 Å². The van der Waals surface area contributed by atoms with E-state index in [-0.39, 0.29) is 29.9 Å². The Labute approximate surface area is 170 Å². The standard InChI is InChI=1S/C17H27BrN4O.HI/c1-4-13(3)22-17(19-5-2)21-11-7-10-20-16(23)14-8-6-9-15(18)12-14;/h6,8-9,12-13H,4-5,7,10-11H2,1-3H3,(H,20,23)(H2,19,21,22);1H. The Bertz CT molecular complexity index is 525. The number of hydrogen-bond donors (Lipinski definition) is 3. The average Bonchev–Trinajstić information content (AvgIpc) is 2.54. The molecule has 0 saturated carbocycles. The first kappa shape index (κ1) is 23.2. The lowest BCUT2D eigenvalue weighted by molar-refractivity contribution is 0.0953. The van der Waals surface area contributed by atoms with Crippen molar-refractivity contribution >= 4 is 51.8 Å². The van der Waals surface area contributed by atoms with Gasteiger partial charge in [-0.05, 0) is 44.9 Å². The number of nitrogens with one attached hydrogen (secondary N) is 3. The quantitative estimate of drug-likeness (QED) is 0.217. The van der Waals surface area contributed by atoms with Gasteiger partial charge in [-0.25, -0.2) is 0 Å². The van der Waals surface area contributed by atoms with Gasteiger partial charge in [0.15, 0.2) is 5.96 Å². The predicted octanol–water partition coefficient (Wildman–Crippen LogP) is 3.54. The van der Waals surface area contributed by atoms with Crippen LogP contribution in [-0.2, 0) is 0 Å². The summed E-state index contributed by atoms with van der Waals surface area (Å²) in [5.41, 5.74) is 0.662. The first-order chi connectivity index (χ1) is 11.1. The van der Waals surface area contributed by atoms with Crippen LogP contribution in [0.15, 0.2) is 33.7 Å². The lowest BCUT2D eigenvalue weighted by atomic mass is 10.2. The molecule has 1 unspecified atom stereocenters. The van der Waals surface area contributed by atoms with Crippen LogP contribution in [0.5, 0.6) is 0 Å². The zero-order valence-electron chi connectivity index (χ0n) is 14.6. The molecule has 7 heteroatoms. The van der Waals surface area contributed by atoms with Gasteiger partial charge >= 0.3 is 0 Å². The van der Waals surface area contributed by atoms with Gasteiger partial charge in [0.05, 0.1) is 0 Å². The zero-order valence-corrected chi connectivity index (χ0v) is 18.5. The van der Waals surface area contributed by atoms with Crippen molar-refractivity contribution in [2.75, 3.05) is 19.6 Å². The van der Waals surface area contributed by atoms with E-state index in [1.807, 2.05) is 25.1 Å². The molecule has 0 aromatic heterocycles. The van der Waals surface area contributed by atoms with E-state index in [1.54, 1.807) is 6.07 Å². The Morgan fingerprint density at radius 2 is 2.04 bits per heavy atom. The number of hydrogen-bond acceptors (Lipinski definition) is 2. The number of amides is 1. The minimum absolute atomic E-state index is 0. The van der Waals surface area contributed by atoms with Gasteiger partial charge in [0.25, 0.3) is 5.91 Å². The smallest absolute Gasteiger partial charge is 0.251 e. The zero-order chi connectivity index (χ0) is 17.1. The molecule has 1 aromatic rings. The van der Waals surface area contributed by atoms with Crippen molar-refractivity contribution in [1.82, 2.24) is 16.0 Å². The Morgan fingerprint density at radius 3 is 2.67 bits per heavy atom. The lowest BCUT2D eigenvalue weighted by Crippen LogP contribution is -2.42. The van der Waals surface area contributed by atoms with Crippen LogP contribution in [-0.4, -0.2) is 37.5 Å². The van der Waals surface area contributed by atoms with Crippen molar-refractivity contribution in [3.8, 4) is 0 Å². The number of aliphatic imine (C=N–C) groups is 1. The molecular formula is C17H28BrIN4O. The molecule has 0 fully saturated rings. The molecule has 0 aliphatic carbocycles. The van der Waals surface area contributed by atoms with Crippen LogP contribution in [0, 0.1) is 0 Å². The van der Waals surface area contributed by atoms with Gasteiger partial charge in [0.2, 0.25) is 0 Å². The Morgan fingerprint density at radius 1 is 1.29 bits per heavy atom. The van der Waals surface area contributed by atoms with Crippen molar-refractivity contribution in [2.24, 2.45) is 4.99 Å². The summed E-state index contributed by atoms with van der Waals surface area (Å²) in [5, 5.41) is 9.49. The highest BCUT2D eigenvalue weighted by molar-refractivity contribution is 14.0. The number of benzene rings is 1. The van der Waals surface area contributed by atoms with E-state index >= 15 is 0 Å². The predicted molar refractivity (Wildman–Crippen MR) is 115 cm³/mol. The number of guanidine groups is 1. The van der Waals surface area contributed by atoms with Crippen molar-refractivity contribution in [3.05, 3.63) is 34.3 Å². The molecule has 0 heterocycles. The average molecular weight is 511 g/mol. The SMILES string of the molecule is CCNC(=NCCCNC(=O)c1cccc(Br)c1)NC(C)CC.I. The van der Waals surface area contributed by atoms with E-state index in [2.05, 4.69) is 50.7 Å². The van der Waals surface area contributed by atoms with E-state index in [9.17, 15) is 4.79 Å². The second-order valence-electron chi connectivity index (χ2n) is 5.33. The molecule has 1 aromatic carbocycles. The van der Waals surface area contributed by atoms with Crippen LogP contribution in [0.2, 0.25) is 0 Å². The summed E-state index contributed by atoms with van der Waals surface area (Å²) in [5.74, 6) is 0.778. The molecule has 0 aliphatic heterocycles. The molecule has 1 amide bonds. The van der Waals surface area contributed by atoms with E-state index in [0.717, 1.165) is 29.8 Å². The van der Waals surface area contributed by atoms with Crippen molar-refractivity contribution < 1.29 is 4.79 Å². The second-order valence-corrected chi connectivity index (χ2v) is 6.25. The van der Waals surface area contributed by atoms with E-state index in [4.69, 9.17) is 0 Å². The summed E-state index contributed by atoms with van der Waals surface area (Å²) in [4.78, 5) is 16.5. The van der Waals surface area contributed by atoms with Crippen molar-refractivity contribution in [2.45, 2.75) is 39.7 Å². The molecule has 0 saturated heterocycles. The van der Waals surface area contributed by atoms with Crippen LogP contribution in [0.3, 0.4) is 0 Å². The largest absolute Gasteiger partial charge is 0.357 e. The van der Waals surface area contributed by atoms with Crippen molar-refractivity contribution in [3.63, 3.8) is 0 Å². The maximum atomic E-state index is 12.0. The molecule has 24 heavy (non-hydrogen) atoms. The third-order valence-corrected chi connectivity index (χ3v) is 3.81. The van der Waals surface area contributed by atoms with Gasteiger partial charge in [-0.15, -0.1) is 24.0 Å². The first-order valence-corrected chi connectivity index (χ1v) is 8.94. The van der Waals surface area contributed by atoms with Crippen molar-refractivity contribution in [1.29, 1.82) is 0 Å². The van der Waals surface area contributed by atoms with Crippen LogP contribution >= 0.6 is 39.9 Å². The highest BCUT2D eigenvalue weighted by Gasteiger charge is 2.05. The minimum Gasteiger partial charge on any atom is -0.357 e. The number of carbonyl (C=O) groups excluding carboxylic acids is 1. The molecule has 0 aliphatic rings.